The first-order chi connectivity index (χ1) is 11.5. The van der Waals surface area contributed by atoms with Crippen molar-refractivity contribution in [3.63, 3.8) is 0 Å². The first kappa shape index (κ1) is 17.5. The lowest BCUT2D eigenvalue weighted by molar-refractivity contribution is -0.120. The summed E-state index contributed by atoms with van der Waals surface area (Å²) >= 11 is 0. The molecule has 126 valence electrons. The maximum absolute atomic E-state index is 12.0. The highest BCUT2D eigenvalue weighted by molar-refractivity contribution is 5.92. The second kappa shape index (κ2) is 8.15. The van der Waals surface area contributed by atoms with Crippen molar-refractivity contribution in [2.24, 2.45) is 0 Å². The Kier molecular flexibility index (Phi) is 5.95. The Morgan fingerprint density at radius 3 is 2.29 bits per heavy atom. The fourth-order valence-electron chi connectivity index (χ4n) is 2.29. The Morgan fingerprint density at radius 2 is 1.67 bits per heavy atom. The molecule has 2 aromatic rings. The zero-order valence-electron chi connectivity index (χ0n) is 14.1. The third kappa shape index (κ3) is 4.59. The molecule has 0 atom stereocenters. The molecule has 0 aliphatic heterocycles. The van der Waals surface area contributed by atoms with E-state index < -0.39 is 5.97 Å². The average molecular weight is 327 g/mol. The summed E-state index contributed by atoms with van der Waals surface area (Å²) < 4.78 is 9.89. The summed E-state index contributed by atoms with van der Waals surface area (Å²) in [6.45, 7) is 2.34. The van der Waals surface area contributed by atoms with Crippen molar-refractivity contribution < 1.29 is 19.1 Å². The highest BCUT2D eigenvalue weighted by atomic mass is 16.5. The van der Waals surface area contributed by atoms with Crippen molar-refractivity contribution in [2.75, 3.05) is 14.2 Å². The lowest BCUT2D eigenvalue weighted by atomic mass is 10.1. The summed E-state index contributed by atoms with van der Waals surface area (Å²) in [5.41, 5.74) is 3.26. The van der Waals surface area contributed by atoms with Gasteiger partial charge in [0.05, 0.1) is 20.6 Å². The molecule has 5 nitrogen and oxygen atoms in total. The number of nitrogens with one attached hydrogen (secondary N) is 1. The fourth-order valence-corrected chi connectivity index (χ4v) is 2.29. The summed E-state index contributed by atoms with van der Waals surface area (Å²) in [6, 6.07) is 13.0. The number of methoxy groups -OCH3 is 2. The molecule has 0 heterocycles. The number of aryl methyl sites for hydroxylation is 1. The molecule has 0 saturated carbocycles. The van der Waals surface area contributed by atoms with E-state index in [-0.39, 0.29) is 5.91 Å². The van der Waals surface area contributed by atoms with E-state index in [1.165, 1.54) is 14.2 Å². The van der Waals surface area contributed by atoms with Gasteiger partial charge in [0.2, 0.25) is 5.91 Å². The number of esters is 1. The topological polar surface area (TPSA) is 64.6 Å². The Balaban J connectivity index is 1.99. The zero-order valence-corrected chi connectivity index (χ0v) is 14.1. The normalized spacial score (nSPS) is 10.1. The Labute approximate surface area is 141 Å². The smallest absolute Gasteiger partial charge is 0.341 e. The zero-order chi connectivity index (χ0) is 17.5. The molecule has 1 N–H and O–H groups in total. The van der Waals surface area contributed by atoms with Crippen LogP contribution in [0.2, 0.25) is 0 Å². The van der Waals surface area contributed by atoms with Crippen LogP contribution in [0.25, 0.3) is 0 Å². The predicted molar refractivity (Wildman–Crippen MR) is 91.1 cm³/mol. The molecule has 0 aliphatic carbocycles. The van der Waals surface area contributed by atoms with Crippen LogP contribution < -0.4 is 10.1 Å². The van der Waals surface area contributed by atoms with Gasteiger partial charge in [0.15, 0.2) is 0 Å². The van der Waals surface area contributed by atoms with Gasteiger partial charge in [0.25, 0.3) is 0 Å². The number of hydrogen-bond acceptors (Lipinski definition) is 4. The summed E-state index contributed by atoms with van der Waals surface area (Å²) in [5.74, 6) is -0.106. The summed E-state index contributed by atoms with van der Waals surface area (Å²) in [7, 11) is 2.81. The number of ether oxygens (including phenoxy) is 2. The summed E-state index contributed by atoms with van der Waals surface area (Å²) in [4.78, 5) is 23.8. The van der Waals surface area contributed by atoms with E-state index in [4.69, 9.17) is 9.47 Å². The molecule has 1 amide bonds. The minimum Gasteiger partial charge on any atom is -0.496 e. The van der Waals surface area contributed by atoms with E-state index >= 15 is 0 Å². The number of rotatable bonds is 6. The molecule has 5 heteroatoms. The molecule has 0 radical (unpaired) electrons. The molecule has 0 unspecified atom stereocenters. The van der Waals surface area contributed by atoms with Crippen LogP contribution in [0.4, 0.5) is 0 Å². The molecule has 0 spiro atoms. The Bertz CT molecular complexity index is 723. The quantitative estimate of drug-likeness (QED) is 0.829. The number of hydrogen-bond donors (Lipinski definition) is 1. The number of carbonyl (C=O) groups is 2. The van der Waals surface area contributed by atoms with Gasteiger partial charge in [0, 0.05) is 6.54 Å². The maximum Gasteiger partial charge on any atom is 0.341 e. The van der Waals surface area contributed by atoms with E-state index in [1.807, 2.05) is 31.2 Å². The predicted octanol–water partition coefficient (Wildman–Crippen LogP) is 2.65. The number of amides is 1. The van der Waals surface area contributed by atoms with Gasteiger partial charge in [0.1, 0.15) is 11.3 Å². The molecule has 2 rings (SSSR count). The van der Waals surface area contributed by atoms with Crippen LogP contribution in [-0.2, 0) is 22.5 Å². The van der Waals surface area contributed by atoms with Crippen molar-refractivity contribution in [3.8, 4) is 5.75 Å². The third-order valence-corrected chi connectivity index (χ3v) is 3.64. The van der Waals surface area contributed by atoms with Crippen molar-refractivity contribution in [2.45, 2.75) is 19.9 Å². The summed E-state index contributed by atoms with van der Waals surface area (Å²) in [6.07, 6.45) is 0.320. The van der Waals surface area contributed by atoms with E-state index in [0.29, 0.717) is 24.3 Å². The van der Waals surface area contributed by atoms with Gasteiger partial charge in [-0.1, -0.05) is 35.9 Å². The van der Waals surface area contributed by atoms with Crippen LogP contribution in [0.15, 0.2) is 42.5 Å². The van der Waals surface area contributed by atoms with E-state index in [1.54, 1.807) is 18.2 Å². The number of benzene rings is 2. The van der Waals surface area contributed by atoms with E-state index in [0.717, 1.165) is 16.7 Å². The lowest BCUT2D eigenvalue weighted by Crippen LogP contribution is -2.24. The second-order valence-electron chi connectivity index (χ2n) is 5.47. The standard InChI is InChI=1S/C19H21NO4/c1-13-4-6-14(7-5-13)11-18(21)20-12-15-8-9-17(23-2)16(10-15)19(22)24-3/h4-10H,11-12H2,1-3H3,(H,20,21). The number of carbonyl (C=O) groups excluding carboxylic acids is 2. The highest BCUT2D eigenvalue weighted by Crippen LogP contribution is 2.20. The summed E-state index contributed by atoms with van der Waals surface area (Å²) in [5, 5.41) is 2.85. The van der Waals surface area contributed by atoms with Crippen LogP contribution >= 0.6 is 0 Å². The van der Waals surface area contributed by atoms with Crippen LogP contribution in [-0.4, -0.2) is 26.1 Å². The maximum atomic E-state index is 12.0. The van der Waals surface area contributed by atoms with E-state index in [2.05, 4.69) is 5.32 Å². The largest absolute Gasteiger partial charge is 0.496 e. The Hall–Kier alpha value is -2.82. The van der Waals surface area contributed by atoms with Crippen molar-refractivity contribution in [3.05, 3.63) is 64.7 Å². The first-order valence-electron chi connectivity index (χ1n) is 7.61. The molecule has 2 aromatic carbocycles. The van der Waals surface area contributed by atoms with Crippen LogP contribution in [0.3, 0.4) is 0 Å². The third-order valence-electron chi connectivity index (χ3n) is 3.64. The van der Waals surface area contributed by atoms with Gasteiger partial charge in [-0.2, -0.15) is 0 Å². The molecule has 0 aliphatic rings. The molecular weight excluding hydrogens is 306 g/mol. The van der Waals surface area contributed by atoms with Crippen molar-refractivity contribution >= 4 is 11.9 Å². The van der Waals surface area contributed by atoms with Crippen molar-refractivity contribution in [1.82, 2.24) is 5.32 Å². The van der Waals surface area contributed by atoms with Crippen molar-refractivity contribution in [1.29, 1.82) is 0 Å². The van der Waals surface area contributed by atoms with Gasteiger partial charge in [-0.25, -0.2) is 4.79 Å². The molecule has 0 saturated heterocycles. The lowest BCUT2D eigenvalue weighted by Gasteiger charge is -2.10. The molecule has 0 bridgehead atoms. The monoisotopic (exact) mass is 327 g/mol. The van der Waals surface area contributed by atoms with Gasteiger partial charge in [-0.3, -0.25) is 4.79 Å². The van der Waals surface area contributed by atoms with Crippen LogP contribution in [0.1, 0.15) is 27.0 Å². The van der Waals surface area contributed by atoms with Crippen LogP contribution in [0.5, 0.6) is 5.75 Å². The minimum atomic E-state index is -0.473. The molecular formula is C19H21NO4. The molecule has 0 aromatic heterocycles. The second-order valence-corrected chi connectivity index (χ2v) is 5.47. The molecule has 24 heavy (non-hydrogen) atoms. The van der Waals surface area contributed by atoms with Gasteiger partial charge >= 0.3 is 5.97 Å². The average Bonchev–Trinajstić information content (AvgIpc) is 2.61. The van der Waals surface area contributed by atoms with Crippen LogP contribution in [0, 0.1) is 6.92 Å². The van der Waals surface area contributed by atoms with E-state index in [9.17, 15) is 9.59 Å². The minimum absolute atomic E-state index is 0.0747. The van der Waals surface area contributed by atoms with Gasteiger partial charge < -0.3 is 14.8 Å². The fraction of sp³-hybridized carbons (Fsp3) is 0.263. The SMILES string of the molecule is COC(=O)c1cc(CNC(=O)Cc2ccc(C)cc2)ccc1OC. The highest BCUT2D eigenvalue weighted by Gasteiger charge is 2.13. The van der Waals surface area contributed by atoms with Gasteiger partial charge in [-0.05, 0) is 30.2 Å². The first-order valence-corrected chi connectivity index (χ1v) is 7.61. The Morgan fingerprint density at radius 1 is 1.00 bits per heavy atom. The van der Waals surface area contributed by atoms with Gasteiger partial charge in [-0.15, -0.1) is 0 Å². The molecule has 0 fully saturated rings.